The van der Waals surface area contributed by atoms with Crippen LogP contribution in [0, 0.1) is 36.5 Å². The molecule has 0 saturated heterocycles. The predicted octanol–water partition coefficient (Wildman–Crippen LogP) is 4.16. The summed E-state index contributed by atoms with van der Waals surface area (Å²) in [6, 6.07) is 0. The lowest BCUT2D eigenvalue weighted by Gasteiger charge is -2.61. The van der Waals surface area contributed by atoms with Gasteiger partial charge in [-0.3, -0.25) is 4.79 Å². The minimum absolute atomic E-state index is 0.00205. The lowest BCUT2D eigenvalue weighted by molar-refractivity contribution is -0.689. The summed E-state index contributed by atoms with van der Waals surface area (Å²) >= 11 is 1.70. The van der Waals surface area contributed by atoms with Crippen LogP contribution in [-0.4, -0.2) is 22.5 Å². The molecule has 2 atom stereocenters. The topological polar surface area (TPSA) is 82.0 Å². The Labute approximate surface area is 194 Å². The molecule has 172 valence electrons. The molecule has 4 saturated carbocycles. The molecule has 32 heavy (non-hydrogen) atoms. The Morgan fingerprint density at radius 2 is 2.03 bits per heavy atom. The molecule has 7 heteroatoms. The molecule has 4 aliphatic rings. The van der Waals surface area contributed by atoms with E-state index in [4.69, 9.17) is 10.5 Å². The fourth-order valence-corrected chi connectivity index (χ4v) is 8.39. The fraction of sp³-hybridized carbons (Fsp3) is 0.680. The molecule has 4 fully saturated rings. The second-order valence-corrected chi connectivity index (χ2v) is 12.0. The van der Waals surface area contributed by atoms with E-state index in [0.29, 0.717) is 36.6 Å². The first-order valence-electron chi connectivity index (χ1n) is 11.9. The van der Waals surface area contributed by atoms with Crippen molar-refractivity contribution in [2.75, 3.05) is 12.3 Å². The number of nitrogen functional groups attached to an aromatic ring is 1. The van der Waals surface area contributed by atoms with Gasteiger partial charge in [0.2, 0.25) is 5.51 Å². The summed E-state index contributed by atoms with van der Waals surface area (Å²) in [4.78, 5) is 22.5. The average Bonchev–Trinajstić information content (AvgIpc) is 3.01. The van der Waals surface area contributed by atoms with E-state index in [9.17, 15) is 4.79 Å². The minimum atomic E-state index is 0.00205. The van der Waals surface area contributed by atoms with Crippen molar-refractivity contribution in [1.82, 2.24) is 9.97 Å². The minimum Gasteiger partial charge on any atom is -0.465 e. The van der Waals surface area contributed by atoms with Crippen molar-refractivity contribution in [2.45, 2.75) is 78.7 Å². The van der Waals surface area contributed by atoms with Crippen LogP contribution in [0.1, 0.15) is 73.8 Å². The third kappa shape index (κ3) is 4.28. The molecule has 0 aliphatic heterocycles. The number of carbonyl (C=O) groups is 1. The zero-order valence-corrected chi connectivity index (χ0v) is 20.3. The Balaban J connectivity index is 1.15. The van der Waals surface area contributed by atoms with Gasteiger partial charge in [-0.15, -0.1) is 0 Å². The average molecular weight is 456 g/mol. The molecule has 0 radical (unpaired) electrons. The molecule has 2 unspecified atom stereocenters. The molecule has 2 aromatic rings. The number of thiazole rings is 1. The van der Waals surface area contributed by atoms with Gasteiger partial charge in [-0.05, 0) is 68.1 Å². The normalized spacial score (nSPS) is 30.6. The molecule has 2 aromatic heterocycles. The molecule has 2 heterocycles. The Bertz CT molecular complexity index is 1020. The van der Waals surface area contributed by atoms with E-state index in [-0.39, 0.29) is 11.4 Å². The van der Waals surface area contributed by atoms with E-state index < -0.39 is 0 Å². The molecular weight excluding hydrogens is 420 g/mol. The van der Waals surface area contributed by atoms with Crippen molar-refractivity contribution in [3.63, 3.8) is 0 Å². The molecular formula is C25H35N4O2S+. The van der Waals surface area contributed by atoms with Crippen molar-refractivity contribution in [2.24, 2.45) is 22.7 Å². The van der Waals surface area contributed by atoms with Crippen molar-refractivity contribution in [3.8, 4) is 0 Å². The Morgan fingerprint density at radius 1 is 1.28 bits per heavy atom. The number of carbonyl (C=O) groups excluding carboxylic acids is 1. The largest absolute Gasteiger partial charge is 0.465 e. The van der Waals surface area contributed by atoms with Gasteiger partial charge in [0, 0.05) is 19.5 Å². The van der Waals surface area contributed by atoms with Crippen LogP contribution in [0.2, 0.25) is 0 Å². The molecule has 4 aliphatic carbocycles. The maximum Gasteiger partial charge on any atom is 0.306 e. The van der Waals surface area contributed by atoms with Crippen molar-refractivity contribution in [1.29, 1.82) is 0 Å². The Kier molecular flexibility index (Phi) is 5.51. The van der Waals surface area contributed by atoms with Gasteiger partial charge in [-0.25, -0.2) is 9.97 Å². The van der Waals surface area contributed by atoms with Crippen LogP contribution in [0.4, 0.5) is 5.82 Å². The quantitative estimate of drug-likeness (QED) is 0.501. The van der Waals surface area contributed by atoms with E-state index in [2.05, 4.69) is 33.9 Å². The van der Waals surface area contributed by atoms with Crippen LogP contribution in [0.25, 0.3) is 0 Å². The molecule has 0 spiro atoms. The summed E-state index contributed by atoms with van der Waals surface area (Å²) in [5.74, 6) is 2.90. The van der Waals surface area contributed by atoms with Gasteiger partial charge >= 0.3 is 5.97 Å². The van der Waals surface area contributed by atoms with Gasteiger partial charge in [0.25, 0.3) is 0 Å². The summed E-state index contributed by atoms with van der Waals surface area (Å²) in [6.45, 7) is 7.50. The zero-order chi connectivity index (χ0) is 22.5. The number of rotatable bonds is 7. The first-order valence-corrected chi connectivity index (χ1v) is 12.8. The van der Waals surface area contributed by atoms with E-state index >= 15 is 0 Å². The molecule has 6 rings (SSSR count). The molecule has 2 N–H and O–H groups in total. The van der Waals surface area contributed by atoms with Crippen LogP contribution >= 0.6 is 11.3 Å². The SMILES string of the molecule is Cc1ncc(C[n+]2csc(CCOC(=O)CC34CC5CC(CC(C)(C5)C3)C4)c2C)c(N)n1. The summed E-state index contributed by atoms with van der Waals surface area (Å²) in [5, 5.41) is 0. The number of hydrogen-bond acceptors (Lipinski definition) is 6. The van der Waals surface area contributed by atoms with Crippen molar-refractivity contribution >= 4 is 23.1 Å². The zero-order valence-electron chi connectivity index (χ0n) is 19.5. The standard InChI is InChI=1S/C25H35N4O2S/c1-16-21(32-15-29(16)13-20-12-27-17(2)28-23(20)26)4-5-31-22(30)11-25-9-18-6-19(10-25)8-24(3,7-18)14-25/h12,15,18-19H,4-11,13-14H2,1-3H3,(H2,26,27,28)/q+1. The second kappa shape index (κ2) is 8.08. The first-order chi connectivity index (χ1) is 15.2. The summed E-state index contributed by atoms with van der Waals surface area (Å²) in [7, 11) is 0. The van der Waals surface area contributed by atoms with Crippen LogP contribution in [0.5, 0.6) is 0 Å². The third-order valence-electron chi connectivity index (χ3n) is 8.10. The van der Waals surface area contributed by atoms with E-state index in [1.54, 1.807) is 17.5 Å². The number of esters is 1. The van der Waals surface area contributed by atoms with Crippen LogP contribution < -0.4 is 10.3 Å². The van der Waals surface area contributed by atoms with E-state index in [1.807, 2.05) is 6.92 Å². The Morgan fingerprint density at radius 3 is 2.72 bits per heavy atom. The van der Waals surface area contributed by atoms with Crippen LogP contribution in [-0.2, 0) is 22.5 Å². The Hall–Kier alpha value is -2.02. The summed E-state index contributed by atoms with van der Waals surface area (Å²) in [6.07, 6.45) is 11.0. The highest BCUT2D eigenvalue weighted by Gasteiger charge is 2.56. The van der Waals surface area contributed by atoms with Crippen LogP contribution in [0.15, 0.2) is 11.7 Å². The van der Waals surface area contributed by atoms with Gasteiger partial charge in [0.1, 0.15) is 11.6 Å². The molecule has 6 nitrogen and oxygen atoms in total. The van der Waals surface area contributed by atoms with Gasteiger partial charge in [-0.2, -0.15) is 4.57 Å². The lowest BCUT2D eigenvalue weighted by atomic mass is 9.44. The van der Waals surface area contributed by atoms with Crippen molar-refractivity contribution in [3.05, 3.63) is 33.7 Å². The number of hydrogen-bond donors (Lipinski definition) is 1. The highest BCUT2D eigenvalue weighted by Crippen LogP contribution is 2.66. The summed E-state index contributed by atoms with van der Waals surface area (Å²) < 4.78 is 7.92. The van der Waals surface area contributed by atoms with Gasteiger partial charge in [0.15, 0.2) is 12.2 Å². The molecule has 0 amide bonds. The maximum absolute atomic E-state index is 12.8. The first kappa shape index (κ1) is 21.8. The summed E-state index contributed by atoms with van der Waals surface area (Å²) in [5.41, 5.74) is 10.9. The third-order valence-corrected chi connectivity index (χ3v) is 9.25. The van der Waals surface area contributed by atoms with Gasteiger partial charge in [-0.1, -0.05) is 18.3 Å². The molecule has 4 bridgehead atoms. The maximum atomic E-state index is 12.8. The van der Waals surface area contributed by atoms with Gasteiger partial charge in [0.05, 0.1) is 23.5 Å². The predicted molar refractivity (Wildman–Crippen MR) is 124 cm³/mol. The number of ether oxygens (including phenoxy) is 1. The monoisotopic (exact) mass is 455 g/mol. The number of anilines is 1. The second-order valence-electron chi connectivity index (χ2n) is 11.1. The van der Waals surface area contributed by atoms with Crippen molar-refractivity contribution < 1.29 is 14.1 Å². The van der Waals surface area contributed by atoms with E-state index in [1.165, 1.54) is 49.1 Å². The highest BCUT2D eigenvalue weighted by molar-refractivity contribution is 7.09. The van der Waals surface area contributed by atoms with Crippen LogP contribution in [0.3, 0.4) is 0 Å². The number of nitrogens with zero attached hydrogens (tertiary/aromatic N) is 3. The van der Waals surface area contributed by atoms with Gasteiger partial charge < -0.3 is 10.5 Å². The number of aromatic nitrogens is 3. The highest BCUT2D eigenvalue weighted by atomic mass is 32.1. The number of nitrogens with two attached hydrogens (primary N) is 1. The molecule has 0 aromatic carbocycles. The smallest absolute Gasteiger partial charge is 0.306 e. The number of aryl methyl sites for hydroxylation is 1. The lowest BCUT2D eigenvalue weighted by Crippen LogP contribution is -2.51. The fourth-order valence-electron chi connectivity index (χ4n) is 7.42. The van der Waals surface area contributed by atoms with E-state index in [0.717, 1.165) is 23.8 Å².